The molecule has 14 nitrogen and oxygen atoms in total. The van der Waals surface area contributed by atoms with E-state index in [-0.39, 0.29) is 29.1 Å². The molecule has 15 heteroatoms. The molecule has 4 aromatic rings. The van der Waals surface area contributed by atoms with Crippen LogP contribution in [0.15, 0.2) is 53.7 Å². The Hall–Kier alpha value is -5.18. The zero-order valence-electron chi connectivity index (χ0n) is 30.0. The summed E-state index contributed by atoms with van der Waals surface area (Å²) in [5, 5.41) is 8.10. The van der Waals surface area contributed by atoms with Gasteiger partial charge in [0, 0.05) is 23.6 Å². The first-order valence-corrected chi connectivity index (χ1v) is 18.3. The van der Waals surface area contributed by atoms with Crippen LogP contribution in [0.2, 0.25) is 0 Å². The SMILES string of the molecule is CCOc1cc(S(C)(=O)=O)ncc1Nc1nn(C(=O)OC(C)(C)C)c2cc([C@@H]3C[C@@]34C(=O)N(C(=O)OC(C)(C)C)c3ccc(OC)cc34)ccc12. The van der Waals surface area contributed by atoms with Crippen LogP contribution in [-0.4, -0.2) is 72.5 Å². The molecule has 1 aliphatic heterocycles. The highest BCUT2D eigenvalue weighted by Gasteiger charge is 2.68. The number of hydrogen-bond acceptors (Lipinski definition) is 12. The first kappa shape index (κ1) is 35.6. The van der Waals surface area contributed by atoms with Crippen LogP contribution in [0.4, 0.5) is 26.8 Å². The summed E-state index contributed by atoms with van der Waals surface area (Å²) < 4.78 is 48.0. The smallest absolute Gasteiger partial charge is 0.435 e. The van der Waals surface area contributed by atoms with Gasteiger partial charge in [0.25, 0.3) is 0 Å². The van der Waals surface area contributed by atoms with Crippen molar-refractivity contribution in [3.8, 4) is 11.5 Å². The number of fused-ring (bicyclic) bond motifs is 3. The molecular formula is C36H41N5O9S. The maximum absolute atomic E-state index is 14.3. The summed E-state index contributed by atoms with van der Waals surface area (Å²) in [6, 6.07) is 11.9. The maximum atomic E-state index is 14.3. The molecular weight excluding hydrogens is 678 g/mol. The Kier molecular flexibility index (Phi) is 8.56. The van der Waals surface area contributed by atoms with E-state index >= 15 is 0 Å². The summed E-state index contributed by atoms with van der Waals surface area (Å²) in [6.45, 7) is 12.5. The number of carbonyl (C=O) groups excluding carboxylic acids is 3. The standard InChI is InChI=1S/C36H41N5O9S/c1-10-48-28-17-29(51(9,45)46)37-19-25(28)38-30-22-13-11-20(15-27(22)41(39-30)33(44)50-35(5,6)7)24-18-36(24)23-16-21(47-8)12-14-26(23)40(31(36)42)32(43)49-34(2,3)4/h11-17,19,24H,10,18H2,1-9H3,(H,38,39)/t24-,36-/m0/s1. The second-order valence-corrected chi connectivity index (χ2v) is 16.6. The average Bonchev–Trinajstić information content (AvgIpc) is 3.61. The highest BCUT2D eigenvalue weighted by molar-refractivity contribution is 7.90. The first-order chi connectivity index (χ1) is 23.8. The van der Waals surface area contributed by atoms with Crippen LogP contribution in [-0.2, 0) is 29.5 Å². The number of carbonyl (C=O) groups is 3. The quantitative estimate of drug-likeness (QED) is 0.221. The fourth-order valence-corrected chi connectivity index (χ4v) is 6.88. The van der Waals surface area contributed by atoms with E-state index in [1.807, 2.05) is 6.07 Å². The van der Waals surface area contributed by atoms with E-state index in [2.05, 4.69) is 15.4 Å². The van der Waals surface area contributed by atoms with Crippen LogP contribution in [0.3, 0.4) is 0 Å². The molecule has 0 bridgehead atoms. The molecule has 1 spiro atoms. The average molecular weight is 720 g/mol. The highest BCUT2D eigenvalue weighted by atomic mass is 32.2. The minimum absolute atomic E-state index is 0.158. The van der Waals surface area contributed by atoms with Crippen molar-refractivity contribution in [2.75, 3.05) is 30.2 Å². The van der Waals surface area contributed by atoms with Gasteiger partial charge in [-0.1, -0.05) is 6.07 Å². The largest absolute Gasteiger partial charge is 0.497 e. The van der Waals surface area contributed by atoms with Crippen LogP contribution in [0.25, 0.3) is 10.9 Å². The molecule has 2 aliphatic rings. The molecule has 2 aromatic heterocycles. The Balaban J connectivity index is 1.44. The van der Waals surface area contributed by atoms with E-state index < -0.39 is 44.5 Å². The minimum Gasteiger partial charge on any atom is -0.497 e. The Morgan fingerprint density at radius 2 is 1.69 bits per heavy atom. The second kappa shape index (κ2) is 12.2. The van der Waals surface area contributed by atoms with E-state index in [0.717, 1.165) is 21.4 Å². The topological polar surface area (TPSA) is 168 Å². The summed E-state index contributed by atoms with van der Waals surface area (Å²) in [7, 11) is -2.08. The van der Waals surface area contributed by atoms with Gasteiger partial charge in [0.15, 0.2) is 20.7 Å². The van der Waals surface area contributed by atoms with Gasteiger partial charge in [-0.25, -0.2) is 27.9 Å². The van der Waals surface area contributed by atoms with Gasteiger partial charge in [-0.2, -0.15) is 4.68 Å². The van der Waals surface area contributed by atoms with Gasteiger partial charge in [-0.15, -0.1) is 5.10 Å². The predicted octanol–water partition coefficient (Wildman–Crippen LogP) is 6.48. The summed E-state index contributed by atoms with van der Waals surface area (Å²) in [4.78, 5) is 46.4. The number of methoxy groups -OCH3 is 1. The van der Waals surface area contributed by atoms with Crippen molar-refractivity contribution in [3.05, 3.63) is 59.8 Å². The number of ether oxygens (including phenoxy) is 4. The third kappa shape index (κ3) is 6.57. The summed E-state index contributed by atoms with van der Waals surface area (Å²) in [5.74, 6) is 0.265. The molecule has 0 saturated heterocycles. The van der Waals surface area contributed by atoms with Crippen LogP contribution < -0.4 is 19.7 Å². The van der Waals surface area contributed by atoms with Crippen molar-refractivity contribution in [2.24, 2.45) is 0 Å². The molecule has 2 atom stereocenters. The van der Waals surface area contributed by atoms with Gasteiger partial charge < -0.3 is 24.3 Å². The van der Waals surface area contributed by atoms with Gasteiger partial charge in [-0.05, 0) is 96.3 Å². The lowest BCUT2D eigenvalue weighted by Crippen LogP contribution is -2.41. The monoisotopic (exact) mass is 719 g/mol. The Bertz CT molecular complexity index is 2200. The molecule has 1 N–H and O–H groups in total. The minimum atomic E-state index is -3.61. The van der Waals surface area contributed by atoms with Gasteiger partial charge >= 0.3 is 12.2 Å². The Morgan fingerprint density at radius 3 is 2.31 bits per heavy atom. The molecule has 51 heavy (non-hydrogen) atoms. The van der Waals surface area contributed by atoms with Crippen LogP contribution in [0.5, 0.6) is 11.5 Å². The van der Waals surface area contributed by atoms with Crippen molar-refractivity contribution in [3.63, 3.8) is 0 Å². The lowest BCUT2D eigenvalue weighted by atomic mass is 9.91. The van der Waals surface area contributed by atoms with E-state index in [4.69, 9.17) is 18.9 Å². The third-order valence-electron chi connectivity index (χ3n) is 8.49. The number of imide groups is 1. The molecule has 1 saturated carbocycles. The Labute approximate surface area is 295 Å². The number of amides is 2. The molecule has 1 aliphatic carbocycles. The number of nitrogens with zero attached hydrogens (tertiary/aromatic N) is 4. The highest BCUT2D eigenvalue weighted by Crippen LogP contribution is 2.67. The first-order valence-electron chi connectivity index (χ1n) is 16.4. The van der Waals surface area contributed by atoms with Crippen molar-refractivity contribution in [1.29, 1.82) is 0 Å². The zero-order valence-corrected chi connectivity index (χ0v) is 30.8. The van der Waals surface area contributed by atoms with Crippen molar-refractivity contribution < 1.29 is 41.7 Å². The number of anilines is 3. The number of sulfone groups is 1. The van der Waals surface area contributed by atoms with Gasteiger partial charge in [0.05, 0.1) is 36.5 Å². The molecule has 0 radical (unpaired) electrons. The number of pyridine rings is 1. The maximum Gasteiger partial charge on any atom is 0.435 e. The zero-order chi connectivity index (χ0) is 37.3. The molecule has 2 aromatic carbocycles. The fraction of sp³-hybridized carbons (Fsp3) is 0.417. The number of nitrogens with one attached hydrogen (secondary N) is 1. The summed E-state index contributed by atoms with van der Waals surface area (Å²) in [6.07, 6.45) is 1.29. The number of hydrogen-bond donors (Lipinski definition) is 1. The van der Waals surface area contributed by atoms with E-state index in [0.29, 0.717) is 40.0 Å². The molecule has 3 heterocycles. The third-order valence-corrected chi connectivity index (χ3v) is 9.48. The van der Waals surface area contributed by atoms with Crippen LogP contribution in [0.1, 0.15) is 71.9 Å². The second-order valence-electron chi connectivity index (χ2n) is 14.6. The normalized spacial score (nSPS) is 18.5. The number of aromatic nitrogens is 3. The van der Waals surface area contributed by atoms with E-state index in [9.17, 15) is 22.8 Å². The number of rotatable bonds is 7. The Morgan fingerprint density at radius 1 is 1.00 bits per heavy atom. The van der Waals surface area contributed by atoms with E-state index in [1.165, 1.54) is 19.4 Å². The van der Waals surface area contributed by atoms with Crippen molar-refractivity contribution in [1.82, 2.24) is 14.8 Å². The van der Waals surface area contributed by atoms with Gasteiger partial charge in [0.2, 0.25) is 5.91 Å². The summed E-state index contributed by atoms with van der Waals surface area (Å²) in [5.41, 5.74) is -0.177. The molecule has 1 fully saturated rings. The molecule has 2 amide bonds. The summed E-state index contributed by atoms with van der Waals surface area (Å²) >= 11 is 0. The number of benzene rings is 2. The van der Waals surface area contributed by atoms with E-state index in [1.54, 1.807) is 78.8 Å². The van der Waals surface area contributed by atoms with Gasteiger partial charge in [-0.3, -0.25) is 4.79 Å². The van der Waals surface area contributed by atoms with Crippen LogP contribution >= 0.6 is 0 Å². The van der Waals surface area contributed by atoms with Gasteiger partial charge in [0.1, 0.15) is 28.4 Å². The molecule has 270 valence electrons. The lowest BCUT2D eigenvalue weighted by Gasteiger charge is -2.24. The lowest BCUT2D eigenvalue weighted by molar-refractivity contribution is -0.120. The fourth-order valence-electron chi connectivity index (χ4n) is 6.31. The molecule has 0 unspecified atom stereocenters. The molecule has 6 rings (SSSR count). The van der Waals surface area contributed by atoms with Crippen molar-refractivity contribution in [2.45, 2.75) is 82.4 Å². The predicted molar refractivity (Wildman–Crippen MR) is 189 cm³/mol. The van der Waals surface area contributed by atoms with Crippen LogP contribution in [0, 0.1) is 0 Å². The van der Waals surface area contributed by atoms with Crippen molar-refractivity contribution >= 4 is 56.0 Å².